The van der Waals surface area contributed by atoms with Crippen molar-refractivity contribution in [3.63, 3.8) is 0 Å². The molecule has 0 aromatic carbocycles. The molecule has 2 aliphatic rings. The molecule has 98 valence electrons. The molecule has 4 nitrogen and oxygen atoms in total. The largest absolute Gasteiger partial charge is 0.353 e. The van der Waals surface area contributed by atoms with E-state index < -0.39 is 0 Å². The molecule has 1 aromatic rings. The van der Waals surface area contributed by atoms with Gasteiger partial charge in [-0.2, -0.15) is 0 Å². The second-order valence-electron chi connectivity index (χ2n) is 5.23. The van der Waals surface area contributed by atoms with E-state index in [0.29, 0.717) is 6.04 Å². The van der Waals surface area contributed by atoms with Crippen LogP contribution in [0.15, 0.2) is 18.3 Å². The van der Waals surface area contributed by atoms with Gasteiger partial charge in [0.2, 0.25) is 0 Å². The number of nitrogens with zero attached hydrogens (tertiary/aromatic N) is 4. The molecule has 0 atom stereocenters. The minimum atomic E-state index is -0.269. The Bertz CT molecular complexity index is 394. The van der Waals surface area contributed by atoms with Gasteiger partial charge in [-0.3, -0.25) is 4.90 Å². The standard InChI is InChI=1S/C13H19FN4/c1-16-4-6-17(7-5-16)12-9-18(10-12)13-3-2-11(14)8-15-13/h2-3,8,12H,4-7,9-10H2,1H3. The molecular formula is C13H19FN4. The molecule has 0 N–H and O–H groups in total. The molecule has 5 heteroatoms. The van der Waals surface area contributed by atoms with Crippen molar-refractivity contribution in [2.75, 3.05) is 51.2 Å². The molecule has 2 saturated heterocycles. The zero-order valence-corrected chi connectivity index (χ0v) is 10.7. The predicted octanol–water partition coefficient (Wildman–Crippen LogP) is 0.657. The van der Waals surface area contributed by atoms with Crippen molar-refractivity contribution < 1.29 is 4.39 Å². The van der Waals surface area contributed by atoms with Crippen LogP contribution >= 0.6 is 0 Å². The monoisotopic (exact) mass is 250 g/mol. The third kappa shape index (κ3) is 2.33. The predicted molar refractivity (Wildman–Crippen MR) is 69.3 cm³/mol. The zero-order valence-electron chi connectivity index (χ0n) is 10.7. The number of aromatic nitrogens is 1. The molecule has 0 aliphatic carbocycles. The summed E-state index contributed by atoms with van der Waals surface area (Å²) in [6.45, 7) is 6.67. The Balaban J connectivity index is 1.52. The van der Waals surface area contributed by atoms with Crippen LogP contribution < -0.4 is 4.90 Å². The van der Waals surface area contributed by atoms with Crippen LogP contribution in [-0.4, -0.2) is 67.1 Å². The molecule has 0 unspecified atom stereocenters. The summed E-state index contributed by atoms with van der Waals surface area (Å²) in [5.74, 6) is 0.622. The first-order chi connectivity index (χ1) is 8.72. The van der Waals surface area contributed by atoms with Crippen LogP contribution in [0.3, 0.4) is 0 Å². The lowest BCUT2D eigenvalue weighted by molar-refractivity contribution is 0.0960. The molecule has 2 aliphatic heterocycles. The van der Waals surface area contributed by atoms with Gasteiger partial charge in [0.15, 0.2) is 0 Å². The molecule has 3 heterocycles. The fourth-order valence-corrected chi connectivity index (χ4v) is 2.62. The maximum absolute atomic E-state index is 12.8. The maximum Gasteiger partial charge on any atom is 0.141 e. The number of likely N-dealkylation sites (N-methyl/N-ethyl adjacent to an activating group) is 1. The van der Waals surface area contributed by atoms with E-state index in [0.717, 1.165) is 45.1 Å². The smallest absolute Gasteiger partial charge is 0.141 e. The van der Waals surface area contributed by atoms with Gasteiger partial charge in [-0.25, -0.2) is 9.37 Å². The Hall–Kier alpha value is -1.20. The molecular weight excluding hydrogens is 231 g/mol. The number of piperazine rings is 1. The summed E-state index contributed by atoms with van der Waals surface area (Å²) in [4.78, 5) is 11.3. The van der Waals surface area contributed by atoms with E-state index in [-0.39, 0.29) is 5.82 Å². The number of hydrogen-bond donors (Lipinski definition) is 0. The van der Waals surface area contributed by atoms with Crippen LogP contribution in [0.25, 0.3) is 0 Å². The Morgan fingerprint density at radius 2 is 1.89 bits per heavy atom. The fraction of sp³-hybridized carbons (Fsp3) is 0.615. The van der Waals surface area contributed by atoms with Crippen molar-refractivity contribution in [2.45, 2.75) is 6.04 Å². The highest BCUT2D eigenvalue weighted by Gasteiger charge is 2.33. The summed E-state index contributed by atoms with van der Waals surface area (Å²) in [5.41, 5.74) is 0. The molecule has 3 rings (SSSR count). The van der Waals surface area contributed by atoms with E-state index in [4.69, 9.17) is 0 Å². The van der Waals surface area contributed by atoms with Gasteiger partial charge >= 0.3 is 0 Å². The topological polar surface area (TPSA) is 22.6 Å². The summed E-state index contributed by atoms with van der Waals surface area (Å²) in [5, 5.41) is 0. The highest BCUT2D eigenvalue weighted by molar-refractivity contribution is 5.42. The Morgan fingerprint density at radius 3 is 2.50 bits per heavy atom. The van der Waals surface area contributed by atoms with Gasteiger partial charge in [0.25, 0.3) is 0 Å². The minimum Gasteiger partial charge on any atom is -0.353 e. The van der Waals surface area contributed by atoms with Crippen molar-refractivity contribution in [3.8, 4) is 0 Å². The number of halogens is 1. The molecule has 0 bridgehead atoms. The fourth-order valence-electron chi connectivity index (χ4n) is 2.62. The number of pyridine rings is 1. The average molecular weight is 250 g/mol. The van der Waals surface area contributed by atoms with Crippen molar-refractivity contribution in [2.24, 2.45) is 0 Å². The van der Waals surface area contributed by atoms with E-state index in [9.17, 15) is 4.39 Å². The third-order valence-electron chi connectivity index (χ3n) is 3.95. The van der Waals surface area contributed by atoms with E-state index >= 15 is 0 Å². The van der Waals surface area contributed by atoms with Crippen LogP contribution in [0.5, 0.6) is 0 Å². The van der Waals surface area contributed by atoms with Crippen LogP contribution in [-0.2, 0) is 0 Å². The molecule has 2 fully saturated rings. The van der Waals surface area contributed by atoms with E-state index in [1.807, 2.05) is 0 Å². The van der Waals surface area contributed by atoms with Gasteiger partial charge in [-0.05, 0) is 19.2 Å². The summed E-state index contributed by atoms with van der Waals surface area (Å²) in [6.07, 6.45) is 1.29. The first-order valence-corrected chi connectivity index (χ1v) is 6.51. The zero-order chi connectivity index (χ0) is 12.5. The lowest BCUT2D eigenvalue weighted by Gasteiger charge is -2.48. The number of hydrogen-bond acceptors (Lipinski definition) is 4. The normalized spacial score (nSPS) is 23.1. The van der Waals surface area contributed by atoms with Crippen molar-refractivity contribution in [1.82, 2.24) is 14.8 Å². The minimum absolute atomic E-state index is 0.269. The Kier molecular flexibility index (Phi) is 3.18. The van der Waals surface area contributed by atoms with Crippen LogP contribution in [0.1, 0.15) is 0 Å². The Morgan fingerprint density at radius 1 is 1.17 bits per heavy atom. The van der Waals surface area contributed by atoms with E-state index in [2.05, 4.69) is 26.7 Å². The van der Waals surface area contributed by atoms with Gasteiger partial charge in [0.1, 0.15) is 11.6 Å². The highest BCUT2D eigenvalue weighted by atomic mass is 19.1. The maximum atomic E-state index is 12.8. The summed E-state index contributed by atoms with van der Waals surface area (Å²) in [6, 6.07) is 3.88. The molecule has 18 heavy (non-hydrogen) atoms. The van der Waals surface area contributed by atoms with Crippen molar-refractivity contribution >= 4 is 5.82 Å². The van der Waals surface area contributed by atoms with Crippen molar-refractivity contribution in [3.05, 3.63) is 24.1 Å². The molecule has 0 amide bonds. The first kappa shape index (κ1) is 11.9. The number of rotatable bonds is 2. The van der Waals surface area contributed by atoms with Gasteiger partial charge in [0.05, 0.1) is 6.20 Å². The van der Waals surface area contributed by atoms with Gasteiger partial charge in [-0.1, -0.05) is 0 Å². The lowest BCUT2D eigenvalue weighted by atomic mass is 10.1. The van der Waals surface area contributed by atoms with Crippen LogP contribution in [0.4, 0.5) is 10.2 Å². The van der Waals surface area contributed by atoms with Gasteiger partial charge in [0, 0.05) is 45.3 Å². The second-order valence-corrected chi connectivity index (χ2v) is 5.23. The summed E-state index contributed by atoms with van der Waals surface area (Å²) >= 11 is 0. The second kappa shape index (κ2) is 4.82. The van der Waals surface area contributed by atoms with Crippen LogP contribution in [0, 0.1) is 5.82 Å². The summed E-state index contributed by atoms with van der Waals surface area (Å²) < 4.78 is 12.8. The third-order valence-corrected chi connectivity index (χ3v) is 3.95. The van der Waals surface area contributed by atoms with E-state index in [1.165, 1.54) is 12.3 Å². The lowest BCUT2D eigenvalue weighted by Crippen LogP contribution is -2.63. The summed E-state index contributed by atoms with van der Waals surface area (Å²) in [7, 11) is 2.17. The first-order valence-electron chi connectivity index (χ1n) is 6.51. The Labute approximate surface area is 107 Å². The molecule has 0 spiro atoms. The average Bonchev–Trinajstić information content (AvgIpc) is 2.32. The molecule has 0 radical (unpaired) electrons. The van der Waals surface area contributed by atoms with Gasteiger partial charge < -0.3 is 9.80 Å². The quantitative estimate of drug-likeness (QED) is 0.769. The van der Waals surface area contributed by atoms with Crippen LogP contribution in [0.2, 0.25) is 0 Å². The molecule has 0 saturated carbocycles. The molecule has 1 aromatic heterocycles. The highest BCUT2D eigenvalue weighted by Crippen LogP contribution is 2.22. The van der Waals surface area contributed by atoms with E-state index in [1.54, 1.807) is 6.07 Å². The SMILES string of the molecule is CN1CCN(C2CN(c3ccc(F)cn3)C2)CC1. The number of anilines is 1. The van der Waals surface area contributed by atoms with Crippen molar-refractivity contribution in [1.29, 1.82) is 0 Å². The van der Waals surface area contributed by atoms with Gasteiger partial charge in [-0.15, -0.1) is 0 Å².